The normalized spacial score (nSPS) is 18.0. The Morgan fingerprint density at radius 3 is 2.95 bits per heavy atom. The van der Waals surface area contributed by atoms with E-state index in [9.17, 15) is 9.59 Å². The lowest BCUT2D eigenvalue weighted by molar-refractivity contribution is -0.115. The number of fused-ring (bicyclic) bond motifs is 2. The number of benzene rings is 1. The number of aryl methyl sites for hydroxylation is 1. The molecule has 4 heterocycles. The molecule has 1 amide bonds. The third kappa shape index (κ3) is 4.80. The van der Waals surface area contributed by atoms with E-state index in [0.717, 1.165) is 58.2 Å². The van der Waals surface area contributed by atoms with Gasteiger partial charge in [0.2, 0.25) is 0 Å². The average molecular weight is 518 g/mol. The fourth-order valence-electron chi connectivity index (χ4n) is 5.03. The summed E-state index contributed by atoms with van der Waals surface area (Å²) >= 11 is 1.44. The van der Waals surface area contributed by atoms with Gasteiger partial charge in [-0.3, -0.25) is 14.3 Å². The molecule has 37 heavy (non-hydrogen) atoms. The molecule has 0 saturated heterocycles. The molecule has 3 aliphatic rings. The maximum Gasteiger partial charge on any atom is 0.263 e. The fraction of sp³-hybridized carbons (Fsp3) is 0.429. The molecular weight excluding hydrogens is 486 g/mol. The number of carbonyl (C=O) groups excluding carboxylic acids is 2. The van der Waals surface area contributed by atoms with E-state index in [1.54, 1.807) is 0 Å². The first-order chi connectivity index (χ1) is 17.8. The number of aromatic nitrogens is 3. The molecule has 0 atom stereocenters. The Bertz CT molecular complexity index is 1400. The molecule has 1 aromatic carbocycles. The molecule has 0 unspecified atom stereocenters. The number of Topliss-reactive ketones (excluding diaryl/α,β-unsaturated/α-hetero) is 1. The number of hydrogen-bond acceptors (Lipinski definition) is 7. The number of amides is 1. The monoisotopic (exact) mass is 517 g/mol. The van der Waals surface area contributed by atoms with Gasteiger partial charge in [0.15, 0.2) is 10.9 Å². The zero-order valence-electron chi connectivity index (χ0n) is 21.2. The van der Waals surface area contributed by atoms with Crippen molar-refractivity contribution in [2.24, 2.45) is 5.92 Å². The van der Waals surface area contributed by atoms with Crippen molar-refractivity contribution in [1.29, 1.82) is 0 Å². The lowest BCUT2D eigenvalue weighted by Gasteiger charge is -2.29. The van der Waals surface area contributed by atoms with Crippen LogP contribution in [0.3, 0.4) is 0 Å². The summed E-state index contributed by atoms with van der Waals surface area (Å²) in [5.74, 6) is 1.36. The summed E-state index contributed by atoms with van der Waals surface area (Å²) in [5.41, 5.74) is 4.32. The summed E-state index contributed by atoms with van der Waals surface area (Å²) < 4.78 is 7.83. The molecule has 0 spiro atoms. The maximum absolute atomic E-state index is 12.6. The van der Waals surface area contributed by atoms with Crippen molar-refractivity contribution in [2.45, 2.75) is 58.0 Å². The minimum absolute atomic E-state index is 0.0526. The summed E-state index contributed by atoms with van der Waals surface area (Å²) in [6, 6.07) is 6.12. The van der Waals surface area contributed by atoms with Gasteiger partial charge in [0.1, 0.15) is 17.2 Å². The van der Waals surface area contributed by atoms with Gasteiger partial charge in [0, 0.05) is 36.7 Å². The number of hydrogen-bond donors (Lipinski definition) is 1. The number of allylic oxidation sites excluding steroid dienone is 1. The molecule has 1 fully saturated rings. The molecule has 3 aromatic rings. The highest BCUT2D eigenvalue weighted by molar-refractivity contribution is 7.17. The van der Waals surface area contributed by atoms with E-state index in [4.69, 9.17) is 9.72 Å². The number of ether oxygens (including phenoxy) is 1. The quantitative estimate of drug-likeness (QED) is 0.427. The first-order valence-electron chi connectivity index (χ1n) is 12.9. The molecule has 2 aromatic heterocycles. The average Bonchev–Trinajstić information content (AvgIpc) is 3.46. The third-order valence-electron chi connectivity index (χ3n) is 7.19. The van der Waals surface area contributed by atoms with Gasteiger partial charge < -0.3 is 15.0 Å². The van der Waals surface area contributed by atoms with Crippen LogP contribution in [-0.2, 0) is 17.8 Å². The van der Waals surface area contributed by atoms with Crippen LogP contribution in [0.1, 0.15) is 54.9 Å². The minimum Gasteiger partial charge on any atom is -0.490 e. The molecule has 1 saturated carbocycles. The summed E-state index contributed by atoms with van der Waals surface area (Å²) in [6.45, 7) is 9.91. The van der Waals surface area contributed by atoms with Gasteiger partial charge in [-0.25, -0.2) is 4.98 Å². The Labute approximate surface area is 220 Å². The largest absolute Gasteiger partial charge is 0.490 e. The van der Waals surface area contributed by atoms with Crippen LogP contribution in [0.25, 0.3) is 11.1 Å². The molecule has 0 bridgehead atoms. The van der Waals surface area contributed by atoms with Crippen molar-refractivity contribution in [3.8, 4) is 16.9 Å². The van der Waals surface area contributed by atoms with Gasteiger partial charge in [0.05, 0.1) is 24.1 Å². The van der Waals surface area contributed by atoms with Gasteiger partial charge in [-0.15, -0.1) is 0 Å². The van der Waals surface area contributed by atoms with E-state index >= 15 is 0 Å². The van der Waals surface area contributed by atoms with E-state index in [0.29, 0.717) is 43.3 Å². The van der Waals surface area contributed by atoms with Crippen molar-refractivity contribution < 1.29 is 14.3 Å². The lowest BCUT2D eigenvalue weighted by Crippen LogP contribution is -2.48. The Hall–Kier alpha value is -3.46. The highest BCUT2D eigenvalue weighted by Gasteiger charge is 2.35. The standard InChI is InChI=1S/C28H31N5O3S/c1-17(18-6-7-18)23(34)5-4-10-32-16-20(15-29-32)19-8-9-24-22(13-19)33(11-12-36-24)27-30-21-14-28(2,3)31-26(35)25(21)37-27/h8-9,13,15-16,18H,1,4-7,10-12,14H2,2-3H3,(H,31,35). The second-order valence-corrected chi connectivity index (χ2v) is 11.8. The van der Waals surface area contributed by atoms with Crippen molar-refractivity contribution in [2.75, 3.05) is 18.1 Å². The topological polar surface area (TPSA) is 89.4 Å². The Balaban J connectivity index is 1.19. The van der Waals surface area contributed by atoms with Gasteiger partial charge >= 0.3 is 0 Å². The Morgan fingerprint density at radius 2 is 2.14 bits per heavy atom. The number of ketones is 1. The maximum atomic E-state index is 12.6. The molecular formula is C28H31N5O3S. The van der Waals surface area contributed by atoms with Gasteiger partial charge in [-0.1, -0.05) is 24.0 Å². The SMILES string of the molecule is C=C(C(=O)CCCn1cc(-c2ccc3c(c2)N(c2nc4c(s2)C(=O)NC(C)(C)C4)CCO3)cn1)C1CC1. The summed E-state index contributed by atoms with van der Waals surface area (Å²) in [4.78, 5) is 32.6. The van der Waals surface area contributed by atoms with Crippen molar-refractivity contribution in [3.05, 3.63) is 53.3 Å². The molecule has 1 aliphatic carbocycles. The Morgan fingerprint density at radius 1 is 1.30 bits per heavy atom. The second kappa shape index (κ2) is 9.13. The molecule has 0 radical (unpaired) electrons. The molecule has 192 valence electrons. The lowest BCUT2D eigenvalue weighted by atomic mass is 9.94. The van der Waals surface area contributed by atoms with E-state index in [1.165, 1.54) is 11.3 Å². The highest BCUT2D eigenvalue weighted by atomic mass is 32.1. The zero-order chi connectivity index (χ0) is 25.7. The van der Waals surface area contributed by atoms with Crippen LogP contribution in [0.2, 0.25) is 0 Å². The predicted octanol–water partition coefficient (Wildman–Crippen LogP) is 4.92. The summed E-state index contributed by atoms with van der Waals surface area (Å²) in [7, 11) is 0. The summed E-state index contributed by atoms with van der Waals surface area (Å²) in [6.07, 6.45) is 8.06. The van der Waals surface area contributed by atoms with Crippen LogP contribution in [0, 0.1) is 5.92 Å². The van der Waals surface area contributed by atoms with Crippen LogP contribution in [-0.4, -0.2) is 45.1 Å². The molecule has 1 N–H and O–H groups in total. The van der Waals surface area contributed by atoms with E-state index < -0.39 is 0 Å². The van der Waals surface area contributed by atoms with Crippen molar-refractivity contribution in [1.82, 2.24) is 20.1 Å². The van der Waals surface area contributed by atoms with Crippen molar-refractivity contribution >= 4 is 33.8 Å². The smallest absolute Gasteiger partial charge is 0.263 e. The highest BCUT2D eigenvalue weighted by Crippen LogP contribution is 2.42. The van der Waals surface area contributed by atoms with Gasteiger partial charge in [-0.05, 0) is 62.3 Å². The van der Waals surface area contributed by atoms with Crippen molar-refractivity contribution in [3.63, 3.8) is 0 Å². The van der Waals surface area contributed by atoms with Gasteiger partial charge in [0.25, 0.3) is 5.91 Å². The first-order valence-corrected chi connectivity index (χ1v) is 13.7. The van der Waals surface area contributed by atoms with Crippen LogP contribution >= 0.6 is 11.3 Å². The van der Waals surface area contributed by atoms with Crippen LogP contribution in [0.4, 0.5) is 10.8 Å². The van der Waals surface area contributed by atoms with Gasteiger partial charge in [-0.2, -0.15) is 5.10 Å². The van der Waals surface area contributed by atoms with E-state index in [2.05, 4.69) is 28.0 Å². The van der Waals surface area contributed by atoms with E-state index in [1.807, 2.05) is 43.1 Å². The molecule has 8 nitrogen and oxygen atoms in total. The number of anilines is 2. The molecule has 2 aliphatic heterocycles. The molecule has 6 rings (SSSR count). The number of thiazole rings is 1. The number of nitrogens with zero attached hydrogens (tertiary/aromatic N) is 4. The zero-order valence-corrected chi connectivity index (χ0v) is 22.1. The first kappa shape index (κ1) is 23.9. The number of carbonyl (C=O) groups is 2. The Kier molecular flexibility index (Phi) is 5.90. The van der Waals surface area contributed by atoms with Crippen LogP contribution < -0.4 is 15.0 Å². The second-order valence-electron chi connectivity index (χ2n) is 10.8. The fourth-order valence-corrected chi connectivity index (χ4v) is 6.05. The predicted molar refractivity (Wildman–Crippen MR) is 144 cm³/mol. The third-order valence-corrected chi connectivity index (χ3v) is 8.31. The van der Waals surface area contributed by atoms with Crippen LogP contribution in [0.5, 0.6) is 5.75 Å². The van der Waals surface area contributed by atoms with Crippen LogP contribution in [0.15, 0.2) is 42.7 Å². The minimum atomic E-state index is -0.301. The number of rotatable bonds is 8. The molecule has 9 heteroatoms. The number of nitrogens with one attached hydrogen (secondary N) is 1. The van der Waals surface area contributed by atoms with E-state index in [-0.39, 0.29) is 17.2 Å². The summed E-state index contributed by atoms with van der Waals surface area (Å²) in [5, 5.41) is 8.40.